The molecule has 0 unspecified atom stereocenters. The van der Waals surface area contributed by atoms with Crippen molar-refractivity contribution in [1.29, 1.82) is 0 Å². The highest BCUT2D eigenvalue weighted by atomic mass is 16.5. The predicted octanol–water partition coefficient (Wildman–Crippen LogP) is 2.80. The van der Waals surface area contributed by atoms with Gasteiger partial charge in [-0.1, -0.05) is 30.3 Å². The summed E-state index contributed by atoms with van der Waals surface area (Å²) >= 11 is 0. The Morgan fingerprint density at radius 3 is 2.30 bits per heavy atom. The summed E-state index contributed by atoms with van der Waals surface area (Å²) in [4.78, 5) is 28.9. The van der Waals surface area contributed by atoms with Gasteiger partial charge in [-0.05, 0) is 47.2 Å². The van der Waals surface area contributed by atoms with Gasteiger partial charge in [-0.2, -0.15) is 0 Å². The summed E-state index contributed by atoms with van der Waals surface area (Å²) in [6.45, 7) is 4.22. The van der Waals surface area contributed by atoms with E-state index in [1.807, 2.05) is 47.4 Å². The van der Waals surface area contributed by atoms with Crippen LogP contribution in [0.4, 0.5) is 0 Å². The third kappa shape index (κ3) is 6.02. The number of fused-ring (bicyclic) bond motifs is 1. The van der Waals surface area contributed by atoms with E-state index in [0.29, 0.717) is 30.9 Å². The molecule has 0 spiro atoms. The van der Waals surface area contributed by atoms with Crippen LogP contribution in [0.5, 0.6) is 11.5 Å². The van der Waals surface area contributed by atoms with Crippen molar-refractivity contribution in [2.75, 3.05) is 53.0 Å². The van der Waals surface area contributed by atoms with Gasteiger partial charge in [-0.25, -0.2) is 0 Å². The molecule has 172 valence electrons. The van der Waals surface area contributed by atoms with E-state index in [0.717, 1.165) is 36.2 Å². The standard InChI is InChI=1S/C26H29N3O4/c1-32-23-9-7-21(8-10-23)26(31)27-12-13-28-14-16-29(17-15-28)25(30)19-33-24-11-6-20-4-2-3-5-22(20)18-24/h2-11,18H,12-17,19H2,1H3,(H,27,31). The highest BCUT2D eigenvalue weighted by molar-refractivity contribution is 5.94. The van der Waals surface area contributed by atoms with Crippen LogP contribution < -0.4 is 14.8 Å². The van der Waals surface area contributed by atoms with E-state index < -0.39 is 0 Å². The van der Waals surface area contributed by atoms with Gasteiger partial charge in [0.25, 0.3) is 11.8 Å². The topological polar surface area (TPSA) is 71.1 Å². The van der Waals surface area contributed by atoms with E-state index in [2.05, 4.69) is 10.2 Å². The highest BCUT2D eigenvalue weighted by Crippen LogP contribution is 2.20. The molecule has 0 saturated carbocycles. The zero-order valence-electron chi connectivity index (χ0n) is 18.8. The number of methoxy groups -OCH3 is 1. The number of ether oxygens (including phenoxy) is 2. The lowest BCUT2D eigenvalue weighted by Gasteiger charge is -2.34. The molecule has 2 amide bonds. The Bertz CT molecular complexity index is 1090. The first-order valence-corrected chi connectivity index (χ1v) is 11.2. The van der Waals surface area contributed by atoms with Gasteiger partial charge in [0, 0.05) is 44.8 Å². The van der Waals surface area contributed by atoms with Gasteiger partial charge in [0.2, 0.25) is 0 Å². The monoisotopic (exact) mass is 447 g/mol. The van der Waals surface area contributed by atoms with Crippen molar-refractivity contribution in [2.45, 2.75) is 0 Å². The number of amides is 2. The number of rotatable bonds is 8. The van der Waals surface area contributed by atoms with Crippen molar-refractivity contribution >= 4 is 22.6 Å². The summed E-state index contributed by atoms with van der Waals surface area (Å²) in [5.41, 5.74) is 0.609. The first kappa shape index (κ1) is 22.6. The number of carbonyl (C=O) groups excluding carboxylic acids is 2. The first-order valence-electron chi connectivity index (χ1n) is 11.2. The molecule has 0 radical (unpaired) electrons. The SMILES string of the molecule is COc1ccc(C(=O)NCCN2CCN(C(=O)COc3ccc4ccccc4c3)CC2)cc1. The number of piperazine rings is 1. The largest absolute Gasteiger partial charge is 0.497 e. The Balaban J connectivity index is 1.16. The maximum atomic E-state index is 12.6. The summed E-state index contributed by atoms with van der Waals surface area (Å²) in [7, 11) is 1.60. The molecule has 1 saturated heterocycles. The number of carbonyl (C=O) groups is 2. The minimum atomic E-state index is -0.0997. The fourth-order valence-corrected chi connectivity index (χ4v) is 3.89. The molecule has 1 fully saturated rings. The molecular weight excluding hydrogens is 418 g/mol. The van der Waals surface area contributed by atoms with E-state index in [9.17, 15) is 9.59 Å². The average molecular weight is 448 g/mol. The lowest BCUT2D eigenvalue weighted by Crippen LogP contribution is -2.51. The van der Waals surface area contributed by atoms with E-state index in [4.69, 9.17) is 9.47 Å². The summed E-state index contributed by atoms with van der Waals surface area (Å²) < 4.78 is 10.9. The second kappa shape index (κ2) is 10.8. The fraction of sp³-hybridized carbons (Fsp3) is 0.308. The Kier molecular flexibility index (Phi) is 7.42. The second-order valence-corrected chi connectivity index (χ2v) is 8.00. The zero-order chi connectivity index (χ0) is 23.0. The molecule has 0 aliphatic carbocycles. The van der Waals surface area contributed by atoms with Gasteiger partial charge in [0.1, 0.15) is 11.5 Å². The third-order valence-corrected chi connectivity index (χ3v) is 5.87. The molecular formula is C26H29N3O4. The van der Waals surface area contributed by atoms with E-state index in [-0.39, 0.29) is 18.4 Å². The van der Waals surface area contributed by atoms with Crippen molar-refractivity contribution < 1.29 is 19.1 Å². The Morgan fingerprint density at radius 2 is 1.58 bits per heavy atom. The van der Waals surface area contributed by atoms with Gasteiger partial charge in [0.15, 0.2) is 6.61 Å². The van der Waals surface area contributed by atoms with E-state index in [1.165, 1.54) is 0 Å². The van der Waals surface area contributed by atoms with Crippen LogP contribution in [0.3, 0.4) is 0 Å². The molecule has 0 bridgehead atoms. The van der Waals surface area contributed by atoms with Crippen molar-refractivity contribution in [3.05, 3.63) is 72.3 Å². The lowest BCUT2D eigenvalue weighted by atomic mass is 10.1. The van der Waals surface area contributed by atoms with Crippen LogP contribution in [0, 0.1) is 0 Å². The number of nitrogens with zero attached hydrogens (tertiary/aromatic N) is 2. The molecule has 3 aromatic carbocycles. The Labute approximate surface area is 193 Å². The van der Waals surface area contributed by atoms with Crippen LogP contribution in [0.2, 0.25) is 0 Å². The van der Waals surface area contributed by atoms with Crippen LogP contribution in [0.25, 0.3) is 10.8 Å². The maximum absolute atomic E-state index is 12.6. The molecule has 3 aromatic rings. The van der Waals surface area contributed by atoms with E-state index >= 15 is 0 Å². The summed E-state index contributed by atoms with van der Waals surface area (Å²) in [6, 6.07) is 21.0. The van der Waals surface area contributed by atoms with Gasteiger partial charge in [-0.3, -0.25) is 14.5 Å². The molecule has 0 aromatic heterocycles. The number of nitrogens with one attached hydrogen (secondary N) is 1. The maximum Gasteiger partial charge on any atom is 0.260 e. The molecule has 1 N–H and O–H groups in total. The normalized spacial score (nSPS) is 14.2. The van der Waals surface area contributed by atoms with Gasteiger partial charge < -0.3 is 19.7 Å². The average Bonchev–Trinajstić information content (AvgIpc) is 2.87. The molecule has 1 aliphatic rings. The number of benzene rings is 3. The Hall–Kier alpha value is -3.58. The van der Waals surface area contributed by atoms with Gasteiger partial charge in [-0.15, -0.1) is 0 Å². The van der Waals surface area contributed by atoms with Crippen molar-refractivity contribution in [2.24, 2.45) is 0 Å². The van der Waals surface area contributed by atoms with Crippen LogP contribution in [-0.2, 0) is 4.79 Å². The molecule has 33 heavy (non-hydrogen) atoms. The third-order valence-electron chi connectivity index (χ3n) is 5.87. The summed E-state index contributed by atoms with van der Waals surface area (Å²) in [5.74, 6) is 1.32. The van der Waals surface area contributed by atoms with Crippen molar-refractivity contribution in [3.63, 3.8) is 0 Å². The van der Waals surface area contributed by atoms with E-state index in [1.54, 1.807) is 31.4 Å². The summed E-state index contributed by atoms with van der Waals surface area (Å²) in [5, 5.41) is 5.19. The van der Waals surface area contributed by atoms with Crippen LogP contribution in [-0.4, -0.2) is 74.6 Å². The molecule has 7 nitrogen and oxygen atoms in total. The minimum absolute atomic E-state index is 0.00406. The van der Waals surface area contributed by atoms with Crippen LogP contribution in [0.1, 0.15) is 10.4 Å². The molecule has 7 heteroatoms. The molecule has 0 atom stereocenters. The molecule has 4 rings (SSSR count). The van der Waals surface area contributed by atoms with Crippen molar-refractivity contribution in [3.8, 4) is 11.5 Å². The zero-order valence-corrected chi connectivity index (χ0v) is 18.8. The quantitative estimate of drug-likeness (QED) is 0.575. The van der Waals surface area contributed by atoms with Crippen molar-refractivity contribution in [1.82, 2.24) is 15.1 Å². The molecule has 1 heterocycles. The predicted molar refractivity (Wildman–Crippen MR) is 128 cm³/mol. The highest BCUT2D eigenvalue weighted by Gasteiger charge is 2.21. The van der Waals surface area contributed by atoms with Gasteiger partial charge >= 0.3 is 0 Å². The van der Waals surface area contributed by atoms with Crippen LogP contribution in [0.15, 0.2) is 66.7 Å². The number of hydrogen-bond acceptors (Lipinski definition) is 5. The fourth-order valence-electron chi connectivity index (χ4n) is 3.89. The van der Waals surface area contributed by atoms with Crippen LogP contribution >= 0.6 is 0 Å². The Morgan fingerprint density at radius 1 is 0.879 bits per heavy atom. The smallest absolute Gasteiger partial charge is 0.260 e. The molecule has 1 aliphatic heterocycles. The second-order valence-electron chi connectivity index (χ2n) is 8.00. The minimum Gasteiger partial charge on any atom is -0.497 e. The first-order chi connectivity index (χ1) is 16.1. The summed E-state index contributed by atoms with van der Waals surface area (Å²) in [6.07, 6.45) is 0. The lowest BCUT2D eigenvalue weighted by molar-refractivity contribution is -0.135. The number of hydrogen-bond donors (Lipinski definition) is 1. The van der Waals surface area contributed by atoms with Gasteiger partial charge in [0.05, 0.1) is 7.11 Å².